The fraction of sp³-hybridized carbons (Fsp3) is 0.917. The van der Waals surface area contributed by atoms with Crippen LogP contribution in [-0.4, -0.2) is 114 Å². The number of ether oxygens (including phenoxy) is 4. The molecule has 0 bridgehead atoms. The Balaban J connectivity index is 1.54. The van der Waals surface area contributed by atoms with Crippen molar-refractivity contribution in [2.24, 2.45) is 11.5 Å². The molecule has 1 saturated carbocycles. The van der Waals surface area contributed by atoms with Gasteiger partial charge in [-0.1, -0.05) is 0 Å². The molecule has 0 aromatic heterocycles. The molecule has 0 radical (unpaired) electrons. The molecule has 3 rings (SSSR count). The van der Waals surface area contributed by atoms with Crippen molar-refractivity contribution in [1.82, 2.24) is 10.6 Å². The van der Waals surface area contributed by atoms with E-state index in [-0.39, 0.29) is 19.1 Å². The molecule has 10 atom stereocenters. The van der Waals surface area contributed by atoms with E-state index in [1.165, 1.54) is 0 Å². The summed E-state index contributed by atoms with van der Waals surface area (Å²) in [6.07, 6.45) is -0.339. The molecule has 2 aliphatic heterocycles. The Bertz CT molecular complexity index is 699. The average Bonchev–Trinajstić information content (AvgIpc) is 2.83. The topological polar surface area (TPSA) is 194 Å². The first-order valence-electron chi connectivity index (χ1n) is 13.0. The van der Waals surface area contributed by atoms with Crippen LogP contribution in [0.25, 0.3) is 0 Å². The zero-order valence-corrected chi connectivity index (χ0v) is 21.4. The van der Waals surface area contributed by atoms with Gasteiger partial charge in [0, 0.05) is 31.5 Å². The van der Waals surface area contributed by atoms with Crippen LogP contribution in [0.4, 0.5) is 0 Å². The lowest BCUT2D eigenvalue weighted by atomic mass is 9.84. The van der Waals surface area contributed by atoms with Crippen molar-refractivity contribution in [3.05, 3.63) is 11.8 Å². The van der Waals surface area contributed by atoms with E-state index in [1.54, 1.807) is 14.0 Å². The lowest BCUT2D eigenvalue weighted by Gasteiger charge is -2.46. The van der Waals surface area contributed by atoms with Gasteiger partial charge < -0.3 is 61.5 Å². The smallest absolute Gasteiger partial charge is 0.200 e. The molecule has 1 saturated heterocycles. The Kier molecular flexibility index (Phi) is 11.3. The van der Waals surface area contributed by atoms with E-state index < -0.39 is 54.7 Å². The third-order valence-corrected chi connectivity index (χ3v) is 6.99. The maximum atomic E-state index is 11.2. The van der Waals surface area contributed by atoms with Gasteiger partial charge in [0.1, 0.15) is 30.2 Å². The van der Waals surface area contributed by atoms with Gasteiger partial charge in [-0.2, -0.15) is 0 Å². The van der Waals surface area contributed by atoms with Gasteiger partial charge in [-0.15, -0.1) is 0 Å². The lowest BCUT2D eigenvalue weighted by Crippen LogP contribution is -2.65. The van der Waals surface area contributed by atoms with E-state index >= 15 is 0 Å². The van der Waals surface area contributed by atoms with Gasteiger partial charge in [0.25, 0.3) is 0 Å². The minimum Gasteiger partial charge on any atom is -0.468 e. The summed E-state index contributed by atoms with van der Waals surface area (Å²) in [4.78, 5) is 0. The number of rotatable bonds is 12. The molecule has 0 aromatic rings. The minimum atomic E-state index is -1.14. The zero-order valence-electron chi connectivity index (χ0n) is 21.4. The van der Waals surface area contributed by atoms with E-state index in [0.29, 0.717) is 44.7 Å². The molecule has 3 aliphatic rings. The molecule has 36 heavy (non-hydrogen) atoms. The van der Waals surface area contributed by atoms with Crippen LogP contribution in [0.3, 0.4) is 0 Å². The third kappa shape index (κ3) is 8.30. The average molecular weight is 519 g/mol. The monoisotopic (exact) mass is 518 g/mol. The van der Waals surface area contributed by atoms with Crippen molar-refractivity contribution in [2.45, 2.75) is 106 Å². The molecular formula is C24H46N4O8. The number of aliphatic hydroxyl groups is 4. The number of aliphatic hydroxyl groups excluding tert-OH is 3. The molecule has 0 aromatic carbocycles. The van der Waals surface area contributed by atoms with Crippen LogP contribution in [0.15, 0.2) is 11.8 Å². The highest BCUT2D eigenvalue weighted by Gasteiger charge is 2.48. The molecule has 0 spiro atoms. The molecule has 10 N–H and O–H groups in total. The second kappa shape index (κ2) is 13.8. The lowest BCUT2D eigenvalue weighted by molar-refractivity contribution is -0.297. The van der Waals surface area contributed by atoms with Crippen LogP contribution < -0.4 is 22.1 Å². The van der Waals surface area contributed by atoms with Gasteiger partial charge >= 0.3 is 0 Å². The maximum Gasteiger partial charge on any atom is 0.200 e. The highest BCUT2D eigenvalue weighted by molar-refractivity contribution is 5.02. The van der Waals surface area contributed by atoms with Gasteiger partial charge in [-0.25, -0.2) is 0 Å². The van der Waals surface area contributed by atoms with Crippen LogP contribution in [0.1, 0.15) is 45.4 Å². The second-order valence-corrected chi connectivity index (χ2v) is 10.4. The van der Waals surface area contributed by atoms with Gasteiger partial charge in [0.2, 0.25) is 0 Å². The molecule has 12 heteroatoms. The summed E-state index contributed by atoms with van der Waals surface area (Å²) in [5.74, 6) is 0.711. The first-order valence-corrected chi connectivity index (χ1v) is 13.0. The van der Waals surface area contributed by atoms with E-state index in [4.69, 9.17) is 30.4 Å². The van der Waals surface area contributed by atoms with Gasteiger partial charge in [-0.3, -0.25) is 0 Å². The number of hydrogen-bond donors (Lipinski definition) is 8. The Labute approximate surface area is 213 Å². The van der Waals surface area contributed by atoms with Crippen molar-refractivity contribution < 1.29 is 39.4 Å². The maximum absolute atomic E-state index is 11.2. The summed E-state index contributed by atoms with van der Waals surface area (Å²) in [5.41, 5.74) is 10.7. The molecule has 6 unspecified atom stereocenters. The van der Waals surface area contributed by atoms with Crippen molar-refractivity contribution in [2.75, 3.05) is 33.3 Å². The number of nitrogens with two attached hydrogens (primary N) is 2. The summed E-state index contributed by atoms with van der Waals surface area (Å²) in [6, 6.07) is -0.755. The van der Waals surface area contributed by atoms with Crippen LogP contribution in [0.5, 0.6) is 0 Å². The third-order valence-electron chi connectivity index (χ3n) is 6.99. The first-order chi connectivity index (χ1) is 17.1. The van der Waals surface area contributed by atoms with Crippen LogP contribution >= 0.6 is 0 Å². The van der Waals surface area contributed by atoms with Crippen molar-refractivity contribution in [1.29, 1.82) is 0 Å². The molecule has 0 amide bonds. The summed E-state index contributed by atoms with van der Waals surface area (Å²) in [5, 5.41) is 48.0. The normalized spacial score (nSPS) is 40.4. The van der Waals surface area contributed by atoms with Crippen LogP contribution in [-0.2, 0) is 18.9 Å². The van der Waals surface area contributed by atoms with Crippen molar-refractivity contribution in [3.63, 3.8) is 0 Å². The predicted octanol–water partition coefficient (Wildman–Crippen LogP) is -2.00. The van der Waals surface area contributed by atoms with Crippen LogP contribution in [0, 0.1) is 0 Å². The first kappa shape index (κ1) is 29.7. The molecule has 1 aliphatic carbocycles. The number of hydrogen-bond acceptors (Lipinski definition) is 12. The van der Waals surface area contributed by atoms with Crippen LogP contribution in [0.2, 0.25) is 0 Å². The molecule has 2 heterocycles. The summed E-state index contributed by atoms with van der Waals surface area (Å²) >= 11 is 0. The van der Waals surface area contributed by atoms with Crippen molar-refractivity contribution >= 4 is 0 Å². The van der Waals surface area contributed by atoms with Gasteiger partial charge in [0.15, 0.2) is 12.6 Å². The Morgan fingerprint density at radius 1 is 1.28 bits per heavy atom. The minimum absolute atomic E-state index is 0.0182. The van der Waals surface area contributed by atoms with Gasteiger partial charge in [0.05, 0.1) is 24.9 Å². The molecule has 2 fully saturated rings. The molecular weight excluding hydrogens is 472 g/mol. The second-order valence-electron chi connectivity index (χ2n) is 10.4. The summed E-state index contributed by atoms with van der Waals surface area (Å²) in [7, 11) is 1.76. The Morgan fingerprint density at radius 3 is 2.75 bits per heavy atom. The zero-order chi connectivity index (χ0) is 26.3. The highest BCUT2D eigenvalue weighted by atomic mass is 16.7. The number of likely N-dealkylation sites (N-methyl/N-ethyl adjacent to an activating group) is 1. The fourth-order valence-corrected chi connectivity index (χ4v) is 5.00. The predicted molar refractivity (Wildman–Crippen MR) is 132 cm³/mol. The Morgan fingerprint density at radius 2 is 2.06 bits per heavy atom. The largest absolute Gasteiger partial charge is 0.468 e. The van der Waals surface area contributed by atoms with E-state index in [2.05, 4.69) is 10.6 Å². The Hall–Kier alpha value is -0.900. The fourth-order valence-electron chi connectivity index (χ4n) is 5.00. The highest BCUT2D eigenvalue weighted by Crippen LogP contribution is 2.31. The van der Waals surface area contributed by atoms with E-state index in [1.807, 2.05) is 6.08 Å². The molecule has 210 valence electrons. The summed E-state index contributed by atoms with van der Waals surface area (Å²) < 4.78 is 23.7. The van der Waals surface area contributed by atoms with Crippen molar-refractivity contribution in [3.8, 4) is 0 Å². The quantitative estimate of drug-likeness (QED) is 0.142. The van der Waals surface area contributed by atoms with E-state index in [9.17, 15) is 20.4 Å². The van der Waals surface area contributed by atoms with Gasteiger partial charge in [-0.05, 0) is 52.3 Å². The van der Waals surface area contributed by atoms with E-state index in [0.717, 1.165) is 12.8 Å². The SMILES string of the molecule is CNC1CC(N)[C@@H](O[C@@H]2CCC=C(CNCC(O)CCCN)O2)C(O)[C@H]1OC1OC[C@](C)(O)CC1O. The number of allylic oxidation sites excluding steroid dienone is 1. The molecule has 12 nitrogen and oxygen atoms in total. The summed E-state index contributed by atoms with van der Waals surface area (Å²) in [6.45, 7) is 3.05. The standard InChI is InChI=1S/C24H46N4O8/c1-24(32)10-18(30)23(33-13-24)36-22-17(27-2)9-16(26)21(20(22)31)35-19-7-3-6-15(34-19)12-28-11-14(29)5-4-8-25/h6,14,16-23,27-32H,3-5,7-13,25-26H2,1-2H3/t14?,16?,17?,18?,19-,20?,21-,22+,23?,24-/m1/s1. The number of nitrogens with one attached hydrogen (secondary N) is 2.